The first kappa shape index (κ1) is 20.8. The lowest BCUT2D eigenvalue weighted by atomic mass is 10.3. The van der Waals surface area contributed by atoms with E-state index in [0.29, 0.717) is 5.69 Å². The van der Waals surface area contributed by atoms with Gasteiger partial charge in [0.2, 0.25) is 5.91 Å². The molecule has 2 aromatic carbocycles. The number of sulfonamides is 1. The number of aromatic nitrogens is 4. The molecule has 9 nitrogen and oxygen atoms in total. The molecule has 158 valence electrons. The highest BCUT2D eigenvalue weighted by Gasteiger charge is 2.16. The monoisotopic (exact) mass is 456 g/mol. The maximum absolute atomic E-state index is 12.5. The fraction of sp³-hybridized carbons (Fsp3) is 0.100. The predicted molar refractivity (Wildman–Crippen MR) is 117 cm³/mol. The van der Waals surface area contributed by atoms with Gasteiger partial charge >= 0.3 is 0 Å². The molecule has 11 heteroatoms. The summed E-state index contributed by atoms with van der Waals surface area (Å²) in [6, 6.07) is 16.2. The van der Waals surface area contributed by atoms with Crippen LogP contribution < -0.4 is 10.0 Å². The van der Waals surface area contributed by atoms with Crippen molar-refractivity contribution in [3.05, 3.63) is 71.6 Å². The quantitative estimate of drug-likeness (QED) is 0.459. The van der Waals surface area contributed by atoms with Crippen molar-refractivity contribution >= 4 is 50.1 Å². The lowest BCUT2D eigenvalue weighted by molar-refractivity contribution is -0.116. The van der Waals surface area contributed by atoms with E-state index in [-0.39, 0.29) is 28.3 Å². The van der Waals surface area contributed by atoms with Crippen LogP contribution in [0.2, 0.25) is 5.15 Å². The van der Waals surface area contributed by atoms with Crippen LogP contribution in [0.1, 0.15) is 5.82 Å². The van der Waals surface area contributed by atoms with Gasteiger partial charge in [-0.1, -0.05) is 23.7 Å². The number of para-hydroxylation sites is 2. The summed E-state index contributed by atoms with van der Waals surface area (Å²) in [5, 5.41) is 10.2. The predicted octanol–water partition coefficient (Wildman–Crippen LogP) is 3.23. The lowest BCUT2D eigenvalue weighted by Gasteiger charge is -2.10. The molecular weight excluding hydrogens is 440 g/mol. The van der Waals surface area contributed by atoms with E-state index >= 15 is 0 Å². The number of carbonyl (C=O) groups excluding carboxylic acids is 1. The number of nitrogens with one attached hydrogen (secondary N) is 2. The van der Waals surface area contributed by atoms with Crippen molar-refractivity contribution in [3.8, 4) is 0 Å². The summed E-state index contributed by atoms with van der Waals surface area (Å²) in [4.78, 5) is 17.0. The van der Waals surface area contributed by atoms with Gasteiger partial charge in [0.05, 0.1) is 15.9 Å². The minimum Gasteiger partial charge on any atom is -0.325 e. The third kappa shape index (κ3) is 4.65. The Morgan fingerprint density at radius 2 is 1.77 bits per heavy atom. The molecule has 0 unspecified atom stereocenters. The van der Waals surface area contributed by atoms with Gasteiger partial charge in [0, 0.05) is 5.69 Å². The molecule has 4 rings (SSSR count). The van der Waals surface area contributed by atoms with Crippen LogP contribution in [0.25, 0.3) is 11.0 Å². The smallest absolute Gasteiger partial charge is 0.263 e. The van der Waals surface area contributed by atoms with Gasteiger partial charge < -0.3 is 9.88 Å². The Morgan fingerprint density at radius 3 is 2.48 bits per heavy atom. The molecule has 0 aliphatic carbocycles. The standard InChI is InChI=1S/C20H17ClN6O3S/c1-13-22-16-4-2-3-5-17(16)27(13)12-20(28)23-14-6-8-15(9-7-14)31(29,30)26-19-11-10-18(21)24-25-19/h2-11H,12H2,1H3,(H,23,28)(H,25,26). The average molecular weight is 457 g/mol. The molecule has 1 amide bonds. The number of anilines is 2. The van der Waals surface area contributed by atoms with Gasteiger partial charge in [0.1, 0.15) is 12.4 Å². The molecule has 0 bridgehead atoms. The summed E-state index contributed by atoms with van der Waals surface area (Å²) >= 11 is 5.65. The Morgan fingerprint density at radius 1 is 1.03 bits per heavy atom. The largest absolute Gasteiger partial charge is 0.325 e. The summed E-state index contributed by atoms with van der Waals surface area (Å²) in [5.74, 6) is 0.523. The van der Waals surface area contributed by atoms with Crippen LogP contribution in [0.4, 0.5) is 11.5 Å². The molecule has 0 aliphatic rings. The van der Waals surface area contributed by atoms with Gasteiger partial charge in [-0.15, -0.1) is 10.2 Å². The van der Waals surface area contributed by atoms with Crippen molar-refractivity contribution in [2.75, 3.05) is 10.0 Å². The molecule has 0 radical (unpaired) electrons. The molecule has 0 atom stereocenters. The van der Waals surface area contributed by atoms with Crippen molar-refractivity contribution in [1.82, 2.24) is 19.7 Å². The second kappa shape index (κ2) is 8.32. The van der Waals surface area contributed by atoms with E-state index in [1.54, 1.807) is 0 Å². The molecule has 0 saturated heterocycles. The molecule has 2 heterocycles. The van der Waals surface area contributed by atoms with Gasteiger partial charge in [-0.25, -0.2) is 13.4 Å². The Hall–Kier alpha value is -3.50. The van der Waals surface area contributed by atoms with E-state index in [9.17, 15) is 13.2 Å². The lowest BCUT2D eigenvalue weighted by Crippen LogP contribution is -2.19. The number of carbonyl (C=O) groups is 1. The molecule has 0 saturated carbocycles. The molecule has 0 aliphatic heterocycles. The highest BCUT2D eigenvalue weighted by molar-refractivity contribution is 7.92. The zero-order chi connectivity index (χ0) is 22.0. The highest BCUT2D eigenvalue weighted by Crippen LogP contribution is 2.19. The average Bonchev–Trinajstić information content (AvgIpc) is 3.05. The number of imidazole rings is 1. The van der Waals surface area contributed by atoms with Gasteiger partial charge in [-0.05, 0) is 55.5 Å². The summed E-state index contributed by atoms with van der Waals surface area (Å²) < 4.78 is 29.1. The Bertz CT molecular complexity index is 1350. The summed E-state index contributed by atoms with van der Waals surface area (Å²) in [6.45, 7) is 1.92. The van der Waals surface area contributed by atoms with E-state index in [0.717, 1.165) is 16.9 Å². The van der Waals surface area contributed by atoms with Crippen LogP contribution in [0, 0.1) is 6.92 Å². The van der Waals surface area contributed by atoms with E-state index in [1.165, 1.54) is 36.4 Å². The first-order valence-electron chi connectivity index (χ1n) is 9.16. The van der Waals surface area contributed by atoms with Crippen molar-refractivity contribution in [2.45, 2.75) is 18.4 Å². The molecule has 2 aromatic heterocycles. The number of benzene rings is 2. The Labute approximate surface area is 183 Å². The zero-order valence-corrected chi connectivity index (χ0v) is 17.9. The van der Waals surface area contributed by atoms with Crippen LogP contribution in [-0.2, 0) is 21.4 Å². The third-order valence-corrected chi connectivity index (χ3v) is 6.04. The van der Waals surface area contributed by atoms with E-state index in [1.807, 2.05) is 35.8 Å². The number of hydrogen-bond donors (Lipinski definition) is 2. The van der Waals surface area contributed by atoms with Crippen molar-refractivity contribution in [1.29, 1.82) is 0 Å². The van der Waals surface area contributed by atoms with Crippen molar-refractivity contribution < 1.29 is 13.2 Å². The third-order valence-electron chi connectivity index (χ3n) is 4.47. The minimum atomic E-state index is -3.86. The molecule has 4 aromatic rings. The normalized spacial score (nSPS) is 11.4. The van der Waals surface area contributed by atoms with E-state index in [4.69, 9.17) is 11.6 Å². The van der Waals surface area contributed by atoms with E-state index < -0.39 is 10.0 Å². The fourth-order valence-electron chi connectivity index (χ4n) is 3.02. The highest BCUT2D eigenvalue weighted by atomic mass is 35.5. The number of nitrogens with zero attached hydrogens (tertiary/aromatic N) is 4. The van der Waals surface area contributed by atoms with Crippen LogP contribution in [0.3, 0.4) is 0 Å². The molecule has 2 N–H and O–H groups in total. The summed E-state index contributed by atoms with van der Waals surface area (Å²) in [6.07, 6.45) is 0. The minimum absolute atomic E-state index is 0.0127. The number of aryl methyl sites for hydroxylation is 1. The van der Waals surface area contributed by atoms with Crippen LogP contribution in [0.15, 0.2) is 65.6 Å². The Kier molecular flexibility index (Phi) is 5.57. The maximum atomic E-state index is 12.5. The molecule has 0 fully saturated rings. The maximum Gasteiger partial charge on any atom is 0.263 e. The number of hydrogen-bond acceptors (Lipinski definition) is 6. The first-order chi connectivity index (χ1) is 14.8. The van der Waals surface area contributed by atoms with Crippen LogP contribution >= 0.6 is 11.6 Å². The molecular formula is C20H17ClN6O3S. The van der Waals surface area contributed by atoms with Crippen LogP contribution in [-0.4, -0.2) is 34.1 Å². The first-order valence-corrected chi connectivity index (χ1v) is 11.0. The van der Waals surface area contributed by atoms with E-state index in [2.05, 4.69) is 25.2 Å². The number of rotatable bonds is 6. The van der Waals surface area contributed by atoms with Crippen molar-refractivity contribution in [3.63, 3.8) is 0 Å². The number of amides is 1. The van der Waals surface area contributed by atoms with Crippen molar-refractivity contribution in [2.24, 2.45) is 0 Å². The fourth-order valence-corrected chi connectivity index (χ4v) is 4.12. The van der Waals surface area contributed by atoms with Crippen LogP contribution in [0.5, 0.6) is 0 Å². The molecule has 31 heavy (non-hydrogen) atoms. The van der Waals surface area contributed by atoms with Gasteiger partial charge in [0.15, 0.2) is 11.0 Å². The number of halogens is 1. The van der Waals surface area contributed by atoms with Gasteiger partial charge in [-0.2, -0.15) is 0 Å². The zero-order valence-electron chi connectivity index (χ0n) is 16.3. The second-order valence-corrected chi connectivity index (χ2v) is 8.72. The summed E-state index contributed by atoms with van der Waals surface area (Å²) in [7, 11) is -3.86. The summed E-state index contributed by atoms with van der Waals surface area (Å²) in [5.41, 5.74) is 2.16. The topological polar surface area (TPSA) is 119 Å². The molecule has 0 spiro atoms. The van der Waals surface area contributed by atoms with Gasteiger partial charge in [-0.3, -0.25) is 9.52 Å². The second-order valence-electron chi connectivity index (χ2n) is 6.65. The SMILES string of the molecule is Cc1nc2ccccc2n1CC(=O)Nc1ccc(S(=O)(=O)Nc2ccc(Cl)nn2)cc1. The Balaban J connectivity index is 1.44. The number of fused-ring (bicyclic) bond motifs is 1. The van der Waals surface area contributed by atoms with Gasteiger partial charge in [0.25, 0.3) is 10.0 Å².